The van der Waals surface area contributed by atoms with E-state index in [4.69, 9.17) is 27.9 Å². The smallest absolute Gasteiger partial charge is 0.275 e. The zero-order chi connectivity index (χ0) is 21.8. The lowest BCUT2D eigenvalue weighted by molar-refractivity contribution is 0.0950. The lowest BCUT2D eigenvalue weighted by Crippen LogP contribution is -2.18. The summed E-state index contributed by atoms with van der Waals surface area (Å²) in [7, 11) is 0. The summed E-state index contributed by atoms with van der Waals surface area (Å²) in [4.78, 5) is 16.0. The molecule has 0 aliphatic heterocycles. The van der Waals surface area contributed by atoms with E-state index in [1.165, 1.54) is 0 Å². The lowest BCUT2D eigenvalue weighted by atomic mass is 10.1. The zero-order valence-electron chi connectivity index (χ0n) is 16.7. The fourth-order valence-corrected chi connectivity index (χ4v) is 3.72. The van der Waals surface area contributed by atoms with Crippen LogP contribution in [0.1, 0.15) is 27.2 Å². The topological polar surface area (TPSA) is 66.5 Å². The first-order chi connectivity index (χ1) is 15.0. The van der Waals surface area contributed by atoms with Gasteiger partial charge >= 0.3 is 0 Å². The van der Waals surface area contributed by atoms with Gasteiger partial charge in [0.25, 0.3) is 5.91 Å². The normalized spacial score (nSPS) is 11.2. The first-order valence-corrected chi connectivity index (χ1v) is 10.3. The van der Waals surface area contributed by atoms with E-state index in [2.05, 4.69) is 15.5 Å². The van der Waals surface area contributed by atoms with Crippen molar-refractivity contribution in [2.45, 2.75) is 13.5 Å². The number of hydrogen-bond donors (Lipinski definition) is 2. The van der Waals surface area contributed by atoms with E-state index in [-0.39, 0.29) is 12.5 Å². The van der Waals surface area contributed by atoms with Crippen molar-refractivity contribution >= 4 is 46.2 Å². The number of carbonyl (C=O) groups excluding carboxylic acids is 1. The first kappa shape index (κ1) is 21.0. The fraction of sp³-hybridized carbons (Fsp3) is 0.0833. The monoisotopic (exact) mass is 451 g/mol. The van der Waals surface area contributed by atoms with Gasteiger partial charge in [-0.15, -0.1) is 0 Å². The van der Waals surface area contributed by atoms with Crippen molar-refractivity contribution in [3.05, 3.63) is 99.2 Å². The number of ether oxygens (including phenoxy) is 1. The summed E-state index contributed by atoms with van der Waals surface area (Å²) in [6, 6.07) is 20.1. The predicted molar refractivity (Wildman–Crippen MR) is 125 cm³/mol. The number of carbonyl (C=O) groups is 1. The van der Waals surface area contributed by atoms with Crippen molar-refractivity contribution in [1.82, 2.24) is 10.4 Å². The van der Waals surface area contributed by atoms with E-state index < -0.39 is 0 Å². The highest BCUT2D eigenvalue weighted by atomic mass is 35.5. The number of amides is 1. The van der Waals surface area contributed by atoms with E-state index >= 15 is 0 Å². The van der Waals surface area contributed by atoms with E-state index in [1.807, 2.05) is 31.2 Å². The molecule has 0 atom stereocenters. The van der Waals surface area contributed by atoms with Crippen LogP contribution >= 0.6 is 23.2 Å². The number of nitrogens with one attached hydrogen (secondary N) is 2. The van der Waals surface area contributed by atoms with Gasteiger partial charge in [-0.1, -0.05) is 59.6 Å². The fourth-order valence-electron chi connectivity index (χ4n) is 3.25. The van der Waals surface area contributed by atoms with Crippen molar-refractivity contribution in [3.8, 4) is 5.75 Å². The van der Waals surface area contributed by atoms with Gasteiger partial charge in [0.2, 0.25) is 0 Å². The van der Waals surface area contributed by atoms with Crippen LogP contribution < -0.4 is 10.2 Å². The number of benzene rings is 3. The van der Waals surface area contributed by atoms with Crippen LogP contribution in [-0.4, -0.2) is 17.1 Å². The van der Waals surface area contributed by atoms with Crippen LogP contribution in [0.2, 0.25) is 10.0 Å². The molecule has 31 heavy (non-hydrogen) atoms. The van der Waals surface area contributed by atoms with Crippen LogP contribution in [0.3, 0.4) is 0 Å². The summed E-state index contributed by atoms with van der Waals surface area (Å²) in [5.74, 6) is 0.0658. The van der Waals surface area contributed by atoms with Gasteiger partial charge < -0.3 is 9.72 Å². The molecule has 156 valence electrons. The SMILES string of the molecule is Cc1[nH]c2ccccc2c1/C=N/NC(=O)c1ccccc1OCc1ccc(Cl)cc1Cl. The van der Waals surface area contributed by atoms with Crippen LogP contribution in [0.5, 0.6) is 5.75 Å². The minimum atomic E-state index is -0.369. The molecule has 0 aliphatic carbocycles. The number of fused-ring (bicyclic) bond motifs is 1. The van der Waals surface area contributed by atoms with Crippen LogP contribution in [-0.2, 0) is 6.61 Å². The molecule has 5 nitrogen and oxygen atoms in total. The highest BCUT2D eigenvalue weighted by molar-refractivity contribution is 6.35. The summed E-state index contributed by atoms with van der Waals surface area (Å²) in [6.45, 7) is 2.17. The van der Waals surface area contributed by atoms with Gasteiger partial charge in [-0.2, -0.15) is 5.10 Å². The van der Waals surface area contributed by atoms with Gasteiger partial charge in [-0.05, 0) is 37.3 Å². The number of rotatable bonds is 6. The molecule has 0 spiro atoms. The predicted octanol–water partition coefficient (Wildman–Crippen LogP) is 6.13. The third-order valence-corrected chi connectivity index (χ3v) is 5.42. The van der Waals surface area contributed by atoms with Crippen molar-refractivity contribution < 1.29 is 9.53 Å². The molecule has 0 fully saturated rings. The van der Waals surface area contributed by atoms with Crippen molar-refractivity contribution in [2.75, 3.05) is 0 Å². The molecule has 4 aromatic rings. The van der Waals surface area contributed by atoms with Gasteiger partial charge in [-0.25, -0.2) is 5.43 Å². The quantitative estimate of drug-likeness (QED) is 0.273. The molecule has 1 aromatic heterocycles. The van der Waals surface area contributed by atoms with E-state index in [0.717, 1.165) is 27.7 Å². The second-order valence-electron chi connectivity index (χ2n) is 6.93. The number of halogens is 2. The Balaban J connectivity index is 1.47. The Kier molecular flexibility index (Phi) is 6.26. The number of nitrogens with zero attached hydrogens (tertiary/aromatic N) is 1. The van der Waals surface area contributed by atoms with Gasteiger partial charge in [0.05, 0.1) is 11.8 Å². The molecule has 7 heteroatoms. The standard InChI is InChI=1S/C24H19Cl2N3O2/c1-15-20(18-6-2-4-8-22(18)28-15)13-27-29-24(30)19-7-3-5-9-23(19)31-14-16-10-11-17(25)12-21(16)26/h2-13,28H,14H2,1H3,(H,29,30)/b27-13+. The third kappa shape index (κ3) is 4.74. The maximum Gasteiger partial charge on any atom is 0.275 e. The molecule has 0 unspecified atom stereocenters. The van der Waals surface area contributed by atoms with Gasteiger partial charge in [0.15, 0.2) is 0 Å². The average molecular weight is 452 g/mol. The van der Waals surface area contributed by atoms with Crippen LogP contribution in [0.25, 0.3) is 10.9 Å². The number of hydrogen-bond acceptors (Lipinski definition) is 3. The lowest BCUT2D eigenvalue weighted by Gasteiger charge is -2.11. The van der Waals surface area contributed by atoms with Gasteiger partial charge in [0.1, 0.15) is 12.4 Å². The highest BCUT2D eigenvalue weighted by Crippen LogP contribution is 2.24. The second kappa shape index (κ2) is 9.25. The Bertz CT molecular complexity index is 1280. The molecule has 1 heterocycles. The number of para-hydroxylation sites is 2. The summed E-state index contributed by atoms with van der Waals surface area (Å²) in [6.07, 6.45) is 1.64. The van der Waals surface area contributed by atoms with Crippen molar-refractivity contribution in [3.63, 3.8) is 0 Å². The molecule has 0 saturated carbocycles. The molecule has 4 rings (SSSR count). The highest BCUT2D eigenvalue weighted by Gasteiger charge is 2.13. The number of H-pyrrole nitrogens is 1. The molecule has 0 saturated heterocycles. The summed E-state index contributed by atoms with van der Waals surface area (Å²) >= 11 is 12.1. The maximum atomic E-state index is 12.7. The maximum absolute atomic E-state index is 12.7. The molecule has 2 N–H and O–H groups in total. The molecule has 0 bridgehead atoms. The first-order valence-electron chi connectivity index (χ1n) is 9.59. The largest absolute Gasteiger partial charge is 0.488 e. The molecular weight excluding hydrogens is 433 g/mol. The van der Waals surface area contributed by atoms with Crippen LogP contribution in [0.4, 0.5) is 0 Å². The second-order valence-corrected chi connectivity index (χ2v) is 7.77. The summed E-state index contributed by atoms with van der Waals surface area (Å²) < 4.78 is 5.85. The number of hydrazone groups is 1. The Hall–Kier alpha value is -3.28. The van der Waals surface area contributed by atoms with Crippen LogP contribution in [0, 0.1) is 6.92 Å². The molecule has 0 aliphatic rings. The minimum Gasteiger partial charge on any atom is -0.488 e. The Morgan fingerprint density at radius 1 is 1.10 bits per heavy atom. The van der Waals surface area contributed by atoms with Gasteiger partial charge in [-0.3, -0.25) is 4.79 Å². The van der Waals surface area contributed by atoms with Gasteiger partial charge in [0, 0.05) is 37.8 Å². The molecular formula is C24H19Cl2N3O2. The van der Waals surface area contributed by atoms with Crippen molar-refractivity contribution in [1.29, 1.82) is 0 Å². The number of aromatic nitrogens is 1. The Labute approximate surface area is 189 Å². The zero-order valence-corrected chi connectivity index (χ0v) is 18.2. The average Bonchev–Trinajstić information content (AvgIpc) is 3.08. The molecule has 1 amide bonds. The number of aryl methyl sites for hydroxylation is 1. The Morgan fingerprint density at radius 3 is 2.71 bits per heavy atom. The van der Waals surface area contributed by atoms with Crippen molar-refractivity contribution in [2.24, 2.45) is 5.10 Å². The molecule has 3 aromatic carbocycles. The van der Waals surface area contributed by atoms with Crippen LogP contribution in [0.15, 0.2) is 71.8 Å². The molecule has 0 radical (unpaired) electrons. The Morgan fingerprint density at radius 2 is 1.87 bits per heavy atom. The summed E-state index contributed by atoms with van der Waals surface area (Å²) in [5.41, 5.74) is 6.65. The summed E-state index contributed by atoms with van der Waals surface area (Å²) in [5, 5.41) is 6.25. The number of aromatic amines is 1. The minimum absolute atomic E-state index is 0.206. The van der Waals surface area contributed by atoms with E-state index in [9.17, 15) is 4.79 Å². The van der Waals surface area contributed by atoms with E-state index in [0.29, 0.717) is 21.4 Å². The third-order valence-electron chi connectivity index (χ3n) is 4.83. The van der Waals surface area contributed by atoms with E-state index in [1.54, 1.807) is 48.7 Å².